The minimum absolute atomic E-state index is 0.0213. The van der Waals surface area contributed by atoms with E-state index in [1.165, 1.54) is 0 Å². The average molecular weight is 288 g/mol. The predicted octanol–water partition coefficient (Wildman–Crippen LogP) is 2.72. The van der Waals surface area contributed by atoms with Gasteiger partial charge in [-0.3, -0.25) is 4.79 Å². The van der Waals surface area contributed by atoms with E-state index < -0.39 is 0 Å². The van der Waals surface area contributed by atoms with E-state index in [0.29, 0.717) is 17.2 Å². The molecule has 2 N–H and O–H groups in total. The molecule has 1 amide bonds. The maximum absolute atomic E-state index is 12.3. The van der Waals surface area contributed by atoms with E-state index in [1.807, 2.05) is 47.0 Å². The van der Waals surface area contributed by atoms with Gasteiger partial charge >= 0.3 is 0 Å². The molecule has 104 valence electrons. The Balaban J connectivity index is 1.79. The summed E-state index contributed by atoms with van der Waals surface area (Å²) >= 11 is 1.88. The van der Waals surface area contributed by atoms with E-state index in [9.17, 15) is 4.79 Å². The first-order valence-corrected chi connectivity index (χ1v) is 7.72. The van der Waals surface area contributed by atoms with Crippen LogP contribution in [0, 0.1) is 0 Å². The summed E-state index contributed by atoms with van der Waals surface area (Å²) in [6.45, 7) is 1.59. The average Bonchev–Trinajstić information content (AvgIpc) is 2.98. The van der Waals surface area contributed by atoms with Crippen LogP contribution in [0.5, 0.6) is 0 Å². The van der Waals surface area contributed by atoms with Crippen molar-refractivity contribution in [2.45, 2.75) is 0 Å². The first-order chi connectivity index (χ1) is 9.74. The summed E-state index contributed by atoms with van der Waals surface area (Å²) in [7, 11) is 0. The van der Waals surface area contributed by atoms with Gasteiger partial charge in [0.2, 0.25) is 0 Å². The SMILES string of the molecule is Nc1ccc(-c2ccc(C(=O)N3CCSCC3)o2)cc1. The van der Waals surface area contributed by atoms with Crippen molar-refractivity contribution in [3.63, 3.8) is 0 Å². The Hall–Kier alpha value is -1.88. The van der Waals surface area contributed by atoms with Crippen molar-refractivity contribution in [2.24, 2.45) is 0 Å². The fourth-order valence-corrected chi connectivity index (χ4v) is 3.08. The first kappa shape index (κ1) is 13.1. The molecule has 1 aromatic heterocycles. The van der Waals surface area contributed by atoms with E-state index in [4.69, 9.17) is 10.2 Å². The Morgan fingerprint density at radius 3 is 2.50 bits per heavy atom. The van der Waals surface area contributed by atoms with Crippen LogP contribution in [-0.2, 0) is 0 Å². The number of nitrogens with two attached hydrogens (primary N) is 1. The molecule has 3 rings (SSSR count). The number of furan rings is 1. The van der Waals surface area contributed by atoms with Crippen molar-refractivity contribution in [1.82, 2.24) is 4.90 Å². The highest BCUT2D eigenvalue weighted by molar-refractivity contribution is 7.99. The summed E-state index contributed by atoms with van der Waals surface area (Å²) in [4.78, 5) is 14.2. The molecular formula is C15H16N2O2S. The second kappa shape index (κ2) is 5.63. The van der Waals surface area contributed by atoms with Crippen LogP contribution >= 0.6 is 11.8 Å². The third-order valence-electron chi connectivity index (χ3n) is 3.31. The van der Waals surface area contributed by atoms with Crippen LogP contribution in [-0.4, -0.2) is 35.4 Å². The van der Waals surface area contributed by atoms with Crippen LogP contribution in [0.4, 0.5) is 5.69 Å². The van der Waals surface area contributed by atoms with Crippen LogP contribution in [0.2, 0.25) is 0 Å². The molecule has 0 unspecified atom stereocenters. The highest BCUT2D eigenvalue weighted by atomic mass is 32.2. The molecule has 0 atom stereocenters. The van der Waals surface area contributed by atoms with Gasteiger partial charge in [0.15, 0.2) is 5.76 Å². The van der Waals surface area contributed by atoms with Gasteiger partial charge < -0.3 is 15.1 Å². The zero-order valence-electron chi connectivity index (χ0n) is 11.0. The van der Waals surface area contributed by atoms with Crippen molar-refractivity contribution < 1.29 is 9.21 Å². The Morgan fingerprint density at radius 2 is 1.80 bits per heavy atom. The normalized spacial score (nSPS) is 15.3. The van der Waals surface area contributed by atoms with Crippen molar-refractivity contribution >= 4 is 23.4 Å². The monoisotopic (exact) mass is 288 g/mol. The lowest BCUT2D eigenvalue weighted by Crippen LogP contribution is -2.37. The molecule has 0 aliphatic carbocycles. The van der Waals surface area contributed by atoms with Gasteiger partial charge in [-0.2, -0.15) is 11.8 Å². The Kier molecular flexibility index (Phi) is 3.69. The van der Waals surface area contributed by atoms with E-state index in [0.717, 1.165) is 30.2 Å². The summed E-state index contributed by atoms with van der Waals surface area (Å²) in [5, 5.41) is 0. The quantitative estimate of drug-likeness (QED) is 0.863. The van der Waals surface area contributed by atoms with Gasteiger partial charge in [-0.25, -0.2) is 0 Å². The van der Waals surface area contributed by atoms with Gasteiger partial charge in [0, 0.05) is 35.8 Å². The number of rotatable bonds is 2. The minimum atomic E-state index is -0.0213. The number of hydrogen-bond acceptors (Lipinski definition) is 4. The molecule has 1 aromatic carbocycles. The van der Waals surface area contributed by atoms with E-state index in [1.54, 1.807) is 6.07 Å². The van der Waals surface area contributed by atoms with Crippen molar-refractivity contribution in [1.29, 1.82) is 0 Å². The number of nitrogen functional groups attached to an aromatic ring is 1. The largest absolute Gasteiger partial charge is 0.451 e. The molecule has 1 aliphatic rings. The van der Waals surface area contributed by atoms with Crippen LogP contribution in [0.1, 0.15) is 10.6 Å². The Morgan fingerprint density at radius 1 is 1.10 bits per heavy atom. The molecule has 4 nitrogen and oxygen atoms in total. The number of carbonyl (C=O) groups excluding carboxylic acids is 1. The second-order valence-corrected chi connectivity index (χ2v) is 5.92. The zero-order valence-corrected chi connectivity index (χ0v) is 11.9. The third-order valence-corrected chi connectivity index (χ3v) is 4.25. The number of benzene rings is 1. The fraction of sp³-hybridized carbons (Fsp3) is 0.267. The van der Waals surface area contributed by atoms with Crippen molar-refractivity contribution in [3.05, 3.63) is 42.2 Å². The van der Waals surface area contributed by atoms with E-state index in [2.05, 4.69) is 0 Å². The number of anilines is 1. The molecule has 5 heteroatoms. The van der Waals surface area contributed by atoms with Gasteiger partial charge in [-0.05, 0) is 36.4 Å². The zero-order chi connectivity index (χ0) is 13.9. The van der Waals surface area contributed by atoms with E-state index >= 15 is 0 Å². The highest BCUT2D eigenvalue weighted by Crippen LogP contribution is 2.24. The van der Waals surface area contributed by atoms with Gasteiger partial charge in [0.25, 0.3) is 5.91 Å². The lowest BCUT2D eigenvalue weighted by Gasteiger charge is -2.25. The molecule has 2 heterocycles. The van der Waals surface area contributed by atoms with Gasteiger partial charge in [0.1, 0.15) is 5.76 Å². The maximum Gasteiger partial charge on any atom is 0.289 e. The molecule has 1 aliphatic heterocycles. The molecule has 0 saturated carbocycles. The van der Waals surface area contributed by atoms with Crippen LogP contribution in [0.25, 0.3) is 11.3 Å². The molecule has 1 saturated heterocycles. The summed E-state index contributed by atoms with van der Waals surface area (Å²) < 4.78 is 5.69. The smallest absolute Gasteiger partial charge is 0.289 e. The lowest BCUT2D eigenvalue weighted by atomic mass is 10.1. The molecule has 0 radical (unpaired) electrons. The lowest BCUT2D eigenvalue weighted by molar-refractivity contribution is 0.0741. The van der Waals surface area contributed by atoms with Crippen molar-refractivity contribution in [3.8, 4) is 11.3 Å². The molecule has 0 spiro atoms. The van der Waals surface area contributed by atoms with E-state index in [-0.39, 0.29) is 5.91 Å². The number of thioether (sulfide) groups is 1. The summed E-state index contributed by atoms with van der Waals surface area (Å²) in [5.74, 6) is 3.07. The van der Waals surface area contributed by atoms with Gasteiger partial charge in [-0.1, -0.05) is 0 Å². The molecule has 1 fully saturated rings. The highest BCUT2D eigenvalue weighted by Gasteiger charge is 2.21. The third kappa shape index (κ3) is 2.67. The molecule has 20 heavy (non-hydrogen) atoms. The fourth-order valence-electron chi connectivity index (χ4n) is 2.18. The van der Waals surface area contributed by atoms with Crippen LogP contribution in [0.15, 0.2) is 40.8 Å². The number of carbonyl (C=O) groups is 1. The predicted molar refractivity (Wildman–Crippen MR) is 81.8 cm³/mol. The molecular weight excluding hydrogens is 272 g/mol. The maximum atomic E-state index is 12.3. The second-order valence-electron chi connectivity index (χ2n) is 4.69. The number of amides is 1. The van der Waals surface area contributed by atoms with Gasteiger partial charge in [-0.15, -0.1) is 0 Å². The molecule has 0 bridgehead atoms. The summed E-state index contributed by atoms with van der Waals surface area (Å²) in [6, 6.07) is 11.0. The Labute approximate surface area is 121 Å². The summed E-state index contributed by atoms with van der Waals surface area (Å²) in [6.07, 6.45) is 0. The Bertz CT molecular complexity index is 601. The van der Waals surface area contributed by atoms with Crippen molar-refractivity contribution in [2.75, 3.05) is 30.3 Å². The van der Waals surface area contributed by atoms with Gasteiger partial charge in [0.05, 0.1) is 0 Å². The number of hydrogen-bond donors (Lipinski definition) is 1. The first-order valence-electron chi connectivity index (χ1n) is 6.57. The standard InChI is InChI=1S/C15H16N2O2S/c16-12-3-1-11(2-4-12)13-5-6-14(19-13)15(18)17-7-9-20-10-8-17/h1-6H,7-10,16H2. The molecule has 2 aromatic rings. The van der Waals surface area contributed by atoms with Crippen LogP contribution < -0.4 is 5.73 Å². The number of nitrogens with zero attached hydrogens (tertiary/aromatic N) is 1. The minimum Gasteiger partial charge on any atom is -0.451 e. The summed E-state index contributed by atoms with van der Waals surface area (Å²) in [5.41, 5.74) is 7.30. The topological polar surface area (TPSA) is 59.5 Å². The van der Waals surface area contributed by atoms with Crippen LogP contribution in [0.3, 0.4) is 0 Å².